The van der Waals surface area contributed by atoms with Crippen LogP contribution in [0.5, 0.6) is 5.75 Å². The van der Waals surface area contributed by atoms with Crippen molar-refractivity contribution in [1.29, 1.82) is 0 Å². The summed E-state index contributed by atoms with van der Waals surface area (Å²) in [5.41, 5.74) is 1.29. The van der Waals surface area contributed by atoms with Gasteiger partial charge in [-0.15, -0.1) is 0 Å². The molecule has 17 heavy (non-hydrogen) atoms. The van der Waals surface area contributed by atoms with E-state index in [0.29, 0.717) is 12.3 Å². The van der Waals surface area contributed by atoms with E-state index in [2.05, 4.69) is 17.0 Å². The van der Waals surface area contributed by atoms with Crippen molar-refractivity contribution in [2.24, 2.45) is 0 Å². The number of alkyl halides is 1. The topological polar surface area (TPSA) is 12.5 Å². The number of methoxy groups -OCH3 is 1. The zero-order valence-electron chi connectivity index (χ0n) is 10.4. The molecular weight excluding hydrogens is 217 g/mol. The normalized spacial score (nSPS) is 20.7. The number of halogens is 1. The Hall–Kier alpha value is -1.09. The molecule has 94 valence electrons. The number of para-hydroxylation sites is 1. The van der Waals surface area contributed by atoms with Gasteiger partial charge in [0.1, 0.15) is 5.75 Å². The molecule has 1 fully saturated rings. The van der Waals surface area contributed by atoms with Crippen LogP contribution in [0, 0.1) is 0 Å². The minimum atomic E-state index is -0.212. The third-order valence-electron chi connectivity index (χ3n) is 3.46. The summed E-state index contributed by atoms with van der Waals surface area (Å²) in [6.45, 7) is 2.76. The van der Waals surface area contributed by atoms with E-state index in [-0.39, 0.29) is 6.67 Å². The standard InChI is InChI=1S/C14H20FNO/c1-17-14-6-3-2-5-13(14)12-7-10-16(11-12)9-4-8-15/h2-3,5-6,12H,4,7-11H2,1H3. The molecule has 2 rings (SSSR count). The van der Waals surface area contributed by atoms with Crippen molar-refractivity contribution >= 4 is 0 Å². The van der Waals surface area contributed by atoms with Crippen LogP contribution < -0.4 is 4.74 Å². The van der Waals surface area contributed by atoms with Crippen molar-refractivity contribution in [3.8, 4) is 5.75 Å². The van der Waals surface area contributed by atoms with E-state index in [4.69, 9.17) is 4.74 Å². The predicted molar refractivity (Wildman–Crippen MR) is 67.4 cm³/mol. The van der Waals surface area contributed by atoms with Gasteiger partial charge in [-0.3, -0.25) is 4.39 Å². The van der Waals surface area contributed by atoms with Crippen molar-refractivity contribution in [2.45, 2.75) is 18.8 Å². The van der Waals surface area contributed by atoms with E-state index in [9.17, 15) is 4.39 Å². The molecule has 2 nitrogen and oxygen atoms in total. The summed E-state index contributed by atoms with van der Waals surface area (Å²) in [4.78, 5) is 2.34. The van der Waals surface area contributed by atoms with Crippen molar-refractivity contribution in [2.75, 3.05) is 33.4 Å². The van der Waals surface area contributed by atoms with Gasteiger partial charge in [-0.1, -0.05) is 18.2 Å². The van der Waals surface area contributed by atoms with Crippen LogP contribution in [-0.4, -0.2) is 38.3 Å². The summed E-state index contributed by atoms with van der Waals surface area (Å²) >= 11 is 0. The lowest BCUT2D eigenvalue weighted by Crippen LogP contribution is -2.22. The summed E-state index contributed by atoms with van der Waals surface area (Å²) in [6.07, 6.45) is 1.80. The maximum atomic E-state index is 12.1. The lowest BCUT2D eigenvalue weighted by molar-refractivity contribution is 0.308. The Bertz CT molecular complexity index is 356. The summed E-state index contributed by atoms with van der Waals surface area (Å²) < 4.78 is 17.5. The average molecular weight is 237 g/mol. The van der Waals surface area contributed by atoms with E-state index in [1.165, 1.54) is 5.56 Å². The maximum Gasteiger partial charge on any atom is 0.122 e. The molecule has 1 heterocycles. The number of nitrogens with zero attached hydrogens (tertiary/aromatic N) is 1. The highest BCUT2D eigenvalue weighted by atomic mass is 19.1. The first-order chi connectivity index (χ1) is 8.35. The molecule has 0 saturated carbocycles. The zero-order chi connectivity index (χ0) is 12.1. The van der Waals surface area contributed by atoms with E-state index >= 15 is 0 Å². The van der Waals surface area contributed by atoms with Crippen LogP contribution in [-0.2, 0) is 0 Å². The number of benzene rings is 1. The van der Waals surface area contributed by atoms with Crippen molar-refractivity contribution < 1.29 is 9.13 Å². The molecule has 0 radical (unpaired) electrons. The Balaban J connectivity index is 1.99. The second-order valence-electron chi connectivity index (χ2n) is 4.57. The molecule has 0 amide bonds. The SMILES string of the molecule is COc1ccccc1C1CCN(CCCF)C1. The Morgan fingerprint density at radius 3 is 3.00 bits per heavy atom. The molecule has 1 aliphatic rings. The van der Waals surface area contributed by atoms with Gasteiger partial charge < -0.3 is 9.64 Å². The fourth-order valence-electron chi connectivity index (χ4n) is 2.58. The van der Waals surface area contributed by atoms with Gasteiger partial charge in [-0.2, -0.15) is 0 Å². The van der Waals surface area contributed by atoms with Gasteiger partial charge in [-0.25, -0.2) is 0 Å². The first-order valence-corrected chi connectivity index (χ1v) is 6.26. The molecular formula is C14H20FNO. The number of hydrogen-bond donors (Lipinski definition) is 0. The number of ether oxygens (including phenoxy) is 1. The number of rotatable bonds is 5. The molecule has 0 bridgehead atoms. The Morgan fingerprint density at radius 2 is 2.24 bits per heavy atom. The van der Waals surface area contributed by atoms with Crippen LogP contribution in [0.1, 0.15) is 24.3 Å². The highest BCUT2D eigenvalue weighted by molar-refractivity contribution is 5.36. The predicted octanol–water partition coefficient (Wildman–Crippen LogP) is 2.84. The van der Waals surface area contributed by atoms with Gasteiger partial charge in [0.05, 0.1) is 13.8 Å². The molecule has 3 heteroatoms. The second kappa shape index (κ2) is 6.01. The minimum Gasteiger partial charge on any atom is -0.496 e. The largest absolute Gasteiger partial charge is 0.496 e. The maximum absolute atomic E-state index is 12.1. The molecule has 1 aromatic rings. The molecule has 0 spiro atoms. The van der Waals surface area contributed by atoms with Gasteiger partial charge >= 0.3 is 0 Å². The fourth-order valence-corrected chi connectivity index (χ4v) is 2.58. The molecule has 1 aromatic carbocycles. The molecule has 1 aliphatic heterocycles. The van der Waals surface area contributed by atoms with Crippen LogP contribution in [0.4, 0.5) is 4.39 Å². The monoisotopic (exact) mass is 237 g/mol. The van der Waals surface area contributed by atoms with Gasteiger partial charge in [0.25, 0.3) is 0 Å². The lowest BCUT2D eigenvalue weighted by atomic mass is 9.97. The lowest BCUT2D eigenvalue weighted by Gasteiger charge is -2.16. The molecule has 1 atom stereocenters. The summed E-state index contributed by atoms with van der Waals surface area (Å²) in [6, 6.07) is 8.21. The molecule has 1 saturated heterocycles. The highest BCUT2D eigenvalue weighted by Crippen LogP contribution is 2.33. The first-order valence-electron chi connectivity index (χ1n) is 6.26. The van der Waals surface area contributed by atoms with Crippen molar-refractivity contribution in [1.82, 2.24) is 4.90 Å². The zero-order valence-corrected chi connectivity index (χ0v) is 10.4. The third kappa shape index (κ3) is 2.97. The fraction of sp³-hybridized carbons (Fsp3) is 0.571. The Labute approximate surface area is 102 Å². The van der Waals surface area contributed by atoms with E-state index in [1.54, 1.807) is 7.11 Å². The Kier molecular flexibility index (Phi) is 4.37. The van der Waals surface area contributed by atoms with Crippen LogP contribution in [0.25, 0.3) is 0 Å². The van der Waals surface area contributed by atoms with Gasteiger partial charge in [0, 0.05) is 19.0 Å². The average Bonchev–Trinajstić information content (AvgIpc) is 2.85. The van der Waals surface area contributed by atoms with Gasteiger partial charge in [0.2, 0.25) is 0 Å². The van der Waals surface area contributed by atoms with E-state index in [0.717, 1.165) is 31.8 Å². The van der Waals surface area contributed by atoms with E-state index in [1.807, 2.05) is 12.1 Å². The second-order valence-corrected chi connectivity index (χ2v) is 4.57. The molecule has 0 aromatic heterocycles. The van der Waals surface area contributed by atoms with Crippen LogP contribution in [0.2, 0.25) is 0 Å². The quantitative estimate of drug-likeness (QED) is 0.780. The number of hydrogen-bond acceptors (Lipinski definition) is 2. The number of likely N-dealkylation sites (tertiary alicyclic amines) is 1. The first kappa shape index (κ1) is 12.4. The van der Waals surface area contributed by atoms with Gasteiger partial charge in [-0.05, 0) is 31.0 Å². The van der Waals surface area contributed by atoms with Gasteiger partial charge in [0.15, 0.2) is 0 Å². The van der Waals surface area contributed by atoms with Crippen LogP contribution >= 0.6 is 0 Å². The minimum absolute atomic E-state index is 0.212. The smallest absolute Gasteiger partial charge is 0.122 e. The molecule has 0 N–H and O–H groups in total. The van der Waals surface area contributed by atoms with Crippen molar-refractivity contribution in [3.05, 3.63) is 29.8 Å². The highest BCUT2D eigenvalue weighted by Gasteiger charge is 2.25. The third-order valence-corrected chi connectivity index (χ3v) is 3.46. The molecule has 0 aliphatic carbocycles. The summed E-state index contributed by atoms with van der Waals surface area (Å²) in [5.74, 6) is 1.51. The summed E-state index contributed by atoms with van der Waals surface area (Å²) in [7, 11) is 1.72. The van der Waals surface area contributed by atoms with Crippen LogP contribution in [0.15, 0.2) is 24.3 Å². The van der Waals surface area contributed by atoms with Crippen LogP contribution in [0.3, 0.4) is 0 Å². The Morgan fingerprint density at radius 1 is 1.41 bits per heavy atom. The molecule has 1 unspecified atom stereocenters. The summed E-state index contributed by atoms with van der Waals surface area (Å²) in [5, 5.41) is 0. The van der Waals surface area contributed by atoms with E-state index < -0.39 is 0 Å². The van der Waals surface area contributed by atoms with Crippen molar-refractivity contribution in [3.63, 3.8) is 0 Å².